The van der Waals surface area contributed by atoms with Gasteiger partial charge in [-0.25, -0.2) is 4.79 Å². The summed E-state index contributed by atoms with van der Waals surface area (Å²) < 4.78 is 5.16. The smallest absolute Gasteiger partial charge is 0.407 e. The maximum absolute atomic E-state index is 11.0. The van der Waals surface area contributed by atoms with Crippen molar-refractivity contribution in [2.45, 2.75) is 12.8 Å². The third kappa shape index (κ3) is 4.60. The number of hydrogen-bond donors (Lipinski definition) is 1. The van der Waals surface area contributed by atoms with E-state index in [1.165, 1.54) is 18.1 Å². The number of piperidine rings is 1. The fourth-order valence-corrected chi connectivity index (χ4v) is 3.87. The van der Waals surface area contributed by atoms with Gasteiger partial charge >= 0.3 is 11.8 Å². The monoisotopic (exact) mass is 378 g/mol. The van der Waals surface area contributed by atoms with E-state index in [2.05, 4.69) is 9.80 Å². The molecule has 1 aromatic rings. The Kier molecular flexibility index (Phi) is 6.00. The van der Waals surface area contributed by atoms with E-state index in [1.54, 1.807) is 12.1 Å². The van der Waals surface area contributed by atoms with Gasteiger partial charge in [-0.1, -0.05) is 0 Å². The molecule has 0 atom stereocenters. The second-order valence-corrected chi connectivity index (χ2v) is 7.11. The van der Waals surface area contributed by atoms with Gasteiger partial charge in [0.2, 0.25) is 0 Å². The van der Waals surface area contributed by atoms with Crippen molar-refractivity contribution in [2.24, 2.45) is 5.92 Å². The van der Waals surface area contributed by atoms with Crippen LogP contribution in [-0.4, -0.2) is 78.8 Å². The summed E-state index contributed by atoms with van der Waals surface area (Å²) in [6, 6.07) is 5.00. The number of carbonyl (C=O) groups is 1. The van der Waals surface area contributed by atoms with E-state index >= 15 is 0 Å². The average molecular weight is 378 g/mol. The number of nitro benzene ring substituents is 1. The molecule has 0 spiro atoms. The van der Waals surface area contributed by atoms with Crippen LogP contribution in [0.2, 0.25) is 0 Å². The van der Waals surface area contributed by atoms with Gasteiger partial charge in [0.05, 0.1) is 12.0 Å². The van der Waals surface area contributed by atoms with Gasteiger partial charge in [-0.2, -0.15) is 0 Å². The van der Waals surface area contributed by atoms with E-state index < -0.39 is 11.0 Å². The second-order valence-electron chi connectivity index (χ2n) is 7.11. The Morgan fingerprint density at radius 2 is 1.89 bits per heavy atom. The second kappa shape index (κ2) is 8.43. The minimum atomic E-state index is -0.819. The number of hydrogen-bond acceptors (Lipinski definition) is 6. The summed E-state index contributed by atoms with van der Waals surface area (Å²) in [6.45, 7) is 5.83. The number of nitrogens with zero attached hydrogens (tertiary/aromatic N) is 4. The highest BCUT2D eigenvalue weighted by Gasteiger charge is 2.26. The molecule has 27 heavy (non-hydrogen) atoms. The summed E-state index contributed by atoms with van der Waals surface area (Å²) in [4.78, 5) is 27.7. The summed E-state index contributed by atoms with van der Waals surface area (Å²) in [5.41, 5.74) is 0.916. The van der Waals surface area contributed by atoms with Gasteiger partial charge in [-0.05, 0) is 24.8 Å². The SMILES string of the molecule is COc1cc(N2CCN(CC3CCN(C(=O)O)CC3)CC2)ccc1[N+](=O)[O-]. The largest absolute Gasteiger partial charge is 0.490 e. The molecule has 1 N–H and O–H groups in total. The molecular formula is C18H26N4O5. The first kappa shape index (κ1) is 19.2. The van der Waals surface area contributed by atoms with Crippen LogP contribution in [0.4, 0.5) is 16.2 Å². The van der Waals surface area contributed by atoms with E-state index in [-0.39, 0.29) is 11.4 Å². The highest BCUT2D eigenvalue weighted by Crippen LogP contribution is 2.32. The third-order valence-electron chi connectivity index (χ3n) is 5.50. The van der Waals surface area contributed by atoms with E-state index in [0.717, 1.165) is 51.3 Å². The van der Waals surface area contributed by atoms with Crippen LogP contribution in [0.3, 0.4) is 0 Å². The number of methoxy groups -OCH3 is 1. The molecule has 2 aliphatic heterocycles. The summed E-state index contributed by atoms with van der Waals surface area (Å²) in [5.74, 6) is 0.830. The van der Waals surface area contributed by atoms with Crippen molar-refractivity contribution in [1.29, 1.82) is 0 Å². The highest BCUT2D eigenvalue weighted by molar-refractivity contribution is 5.65. The van der Waals surface area contributed by atoms with Crippen LogP contribution >= 0.6 is 0 Å². The Labute approximate surface area is 158 Å². The number of likely N-dealkylation sites (tertiary alicyclic amines) is 1. The molecule has 1 aromatic carbocycles. The molecule has 0 bridgehead atoms. The number of piperazine rings is 1. The lowest BCUT2D eigenvalue weighted by Gasteiger charge is -2.39. The topological polar surface area (TPSA) is 99.4 Å². The standard InChI is InChI=1S/C18H26N4O5/c1-27-17-12-15(2-3-16(17)22(25)26)20-10-8-19(9-11-20)13-14-4-6-21(7-5-14)18(23)24/h2-3,12,14H,4-11,13H2,1H3,(H,23,24). The molecule has 0 radical (unpaired) electrons. The first-order valence-corrected chi connectivity index (χ1v) is 9.25. The Hall–Kier alpha value is -2.55. The minimum absolute atomic E-state index is 0.0208. The average Bonchev–Trinajstić information content (AvgIpc) is 2.68. The zero-order valence-corrected chi connectivity index (χ0v) is 15.5. The Morgan fingerprint density at radius 3 is 2.44 bits per heavy atom. The van der Waals surface area contributed by atoms with Crippen molar-refractivity contribution in [1.82, 2.24) is 9.80 Å². The molecule has 2 aliphatic rings. The quantitative estimate of drug-likeness (QED) is 0.619. The number of rotatable bonds is 5. The van der Waals surface area contributed by atoms with Gasteiger partial charge in [0, 0.05) is 63.6 Å². The number of benzene rings is 1. The molecule has 9 nitrogen and oxygen atoms in total. The van der Waals surface area contributed by atoms with E-state index in [0.29, 0.717) is 19.0 Å². The van der Waals surface area contributed by atoms with E-state index in [1.807, 2.05) is 0 Å². The summed E-state index contributed by atoms with van der Waals surface area (Å²) in [6.07, 6.45) is 1.03. The van der Waals surface area contributed by atoms with Gasteiger partial charge in [0.15, 0.2) is 5.75 Å². The molecular weight excluding hydrogens is 352 g/mol. The maximum Gasteiger partial charge on any atom is 0.407 e. The number of anilines is 1. The van der Waals surface area contributed by atoms with Gasteiger partial charge in [0.25, 0.3) is 0 Å². The molecule has 1 amide bonds. The zero-order chi connectivity index (χ0) is 19.4. The van der Waals surface area contributed by atoms with E-state index in [4.69, 9.17) is 9.84 Å². The summed E-state index contributed by atoms with van der Waals surface area (Å²) in [5, 5.41) is 20.1. The predicted octanol–water partition coefficient (Wildman–Crippen LogP) is 2.12. The number of amides is 1. The molecule has 0 aromatic heterocycles. The molecule has 148 valence electrons. The summed E-state index contributed by atoms with van der Waals surface area (Å²) in [7, 11) is 1.44. The molecule has 0 saturated carbocycles. The van der Waals surface area contributed by atoms with Crippen molar-refractivity contribution in [2.75, 3.05) is 57.8 Å². The molecule has 2 fully saturated rings. The van der Waals surface area contributed by atoms with Crippen molar-refractivity contribution < 1.29 is 19.6 Å². The lowest BCUT2D eigenvalue weighted by molar-refractivity contribution is -0.385. The molecule has 3 rings (SSSR count). The normalized spacial score (nSPS) is 19.1. The Morgan fingerprint density at radius 1 is 1.22 bits per heavy atom. The first-order valence-electron chi connectivity index (χ1n) is 9.25. The molecule has 0 aliphatic carbocycles. The Balaban J connectivity index is 1.51. The predicted molar refractivity (Wildman–Crippen MR) is 101 cm³/mol. The summed E-state index contributed by atoms with van der Waals surface area (Å²) >= 11 is 0. The van der Waals surface area contributed by atoms with Gasteiger partial charge in [-0.3, -0.25) is 15.0 Å². The van der Waals surface area contributed by atoms with Crippen molar-refractivity contribution in [3.05, 3.63) is 28.3 Å². The third-order valence-corrected chi connectivity index (χ3v) is 5.50. The highest BCUT2D eigenvalue weighted by atomic mass is 16.6. The lowest BCUT2D eigenvalue weighted by Crippen LogP contribution is -2.49. The van der Waals surface area contributed by atoms with Crippen molar-refractivity contribution in [3.63, 3.8) is 0 Å². The Bertz CT molecular complexity index is 682. The van der Waals surface area contributed by atoms with Crippen LogP contribution in [0.15, 0.2) is 18.2 Å². The van der Waals surface area contributed by atoms with E-state index in [9.17, 15) is 14.9 Å². The molecule has 0 unspecified atom stereocenters. The number of carboxylic acid groups (broad SMARTS) is 1. The zero-order valence-electron chi connectivity index (χ0n) is 15.5. The maximum atomic E-state index is 11.0. The van der Waals surface area contributed by atoms with Crippen LogP contribution in [0.1, 0.15) is 12.8 Å². The van der Waals surface area contributed by atoms with Crippen LogP contribution < -0.4 is 9.64 Å². The first-order chi connectivity index (χ1) is 13.0. The van der Waals surface area contributed by atoms with Crippen LogP contribution in [0.25, 0.3) is 0 Å². The fourth-order valence-electron chi connectivity index (χ4n) is 3.87. The lowest BCUT2D eigenvalue weighted by atomic mass is 9.96. The van der Waals surface area contributed by atoms with Gasteiger partial charge < -0.3 is 19.6 Å². The van der Waals surface area contributed by atoms with Crippen LogP contribution in [0, 0.1) is 16.0 Å². The minimum Gasteiger partial charge on any atom is -0.490 e. The van der Waals surface area contributed by atoms with Crippen molar-refractivity contribution in [3.8, 4) is 5.75 Å². The molecule has 2 saturated heterocycles. The molecule has 2 heterocycles. The molecule has 9 heteroatoms. The van der Waals surface area contributed by atoms with Gasteiger partial charge in [0.1, 0.15) is 0 Å². The van der Waals surface area contributed by atoms with Crippen LogP contribution in [-0.2, 0) is 0 Å². The van der Waals surface area contributed by atoms with Crippen molar-refractivity contribution >= 4 is 17.5 Å². The fraction of sp³-hybridized carbons (Fsp3) is 0.611. The number of ether oxygens (including phenoxy) is 1. The van der Waals surface area contributed by atoms with Gasteiger partial charge in [-0.15, -0.1) is 0 Å². The van der Waals surface area contributed by atoms with Crippen LogP contribution in [0.5, 0.6) is 5.75 Å². The number of nitro groups is 1.